The highest BCUT2D eigenvalue weighted by Gasteiger charge is 2.17. The number of halogens is 1. The van der Waals surface area contributed by atoms with Gasteiger partial charge < -0.3 is 14.3 Å². The molecule has 0 N–H and O–H groups in total. The van der Waals surface area contributed by atoms with Gasteiger partial charge >= 0.3 is 5.97 Å². The van der Waals surface area contributed by atoms with Crippen LogP contribution in [-0.2, 0) is 9.63 Å². The second kappa shape index (κ2) is 10.3. The first kappa shape index (κ1) is 21.2. The summed E-state index contributed by atoms with van der Waals surface area (Å²) in [6.45, 7) is 7.63. The molecule has 0 radical (unpaired) electrons. The zero-order valence-electron chi connectivity index (χ0n) is 15.9. The highest BCUT2D eigenvalue weighted by Crippen LogP contribution is 2.25. The Balaban J connectivity index is 1.91. The average Bonchev–Trinajstić information content (AvgIpc) is 2.65. The molecule has 0 bridgehead atoms. The molecule has 2 rings (SSSR count). The van der Waals surface area contributed by atoms with Crippen molar-refractivity contribution < 1.29 is 19.1 Å². The van der Waals surface area contributed by atoms with E-state index in [9.17, 15) is 4.79 Å². The van der Waals surface area contributed by atoms with Gasteiger partial charge in [-0.05, 0) is 90.4 Å². The molecular formula is C21H24INO4. The molecule has 27 heavy (non-hydrogen) atoms. The van der Waals surface area contributed by atoms with Crippen LogP contribution in [0.4, 0.5) is 0 Å². The molecule has 6 heteroatoms. The highest BCUT2D eigenvalue weighted by atomic mass is 127. The summed E-state index contributed by atoms with van der Waals surface area (Å²) < 4.78 is 12.5. The first-order valence-corrected chi connectivity index (χ1v) is 9.94. The van der Waals surface area contributed by atoms with Crippen LogP contribution in [0, 0.1) is 9.49 Å². The second-order valence-electron chi connectivity index (χ2n) is 6.29. The Hall–Kier alpha value is -2.09. The summed E-state index contributed by atoms with van der Waals surface area (Å²) in [4.78, 5) is 17.0. The van der Waals surface area contributed by atoms with Crippen molar-refractivity contribution in [1.82, 2.24) is 0 Å². The molecule has 2 aromatic carbocycles. The van der Waals surface area contributed by atoms with Gasteiger partial charge in [-0.25, -0.2) is 4.79 Å². The predicted octanol–water partition coefficient (Wildman–Crippen LogP) is 5.82. The number of oxime groups is 1. The van der Waals surface area contributed by atoms with Crippen molar-refractivity contribution in [2.24, 2.45) is 11.1 Å². The van der Waals surface area contributed by atoms with Crippen LogP contribution in [-0.4, -0.2) is 17.8 Å². The van der Waals surface area contributed by atoms with Gasteiger partial charge in [-0.1, -0.05) is 25.9 Å². The number of carbonyl (C=O) groups excluding carboxylic acids is 1. The van der Waals surface area contributed by atoms with Crippen molar-refractivity contribution in [1.29, 1.82) is 0 Å². The number of nitrogens with zero attached hydrogens (tertiary/aromatic N) is 1. The van der Waals surface area contributed by atoms with Crippen LogP contribution >= 0.6 is 22.6 Å². The van der Waals surface area contributed by atoms with Gasteiger partial charge in [0, 0.05) is 3.57 Å². The Bertz CT molecular complexity index is 770. The van der Waals surface area contributed by atoms with Crippen LogP contribution in [0.3, 0.4) is 0 Å². The van der Waals surface area contributed by atoms with Crippen LogP contribution in [0.1, 0.15) is 34.1 Å². The summed E-state index contributed by atoms with van der Waals surface area (Å²) >= 11 is 2.24. The highest BCUT2D eigenvalue weighted by molar-refractivity contribution is 14.1. The largest absolute Gasteiger partial charge is 0.479 e. The molecule has 144 valence electrons. The number of hydrogen-bond donors (Lipinski definition) is 0. The average molecular weight is 481 g/mol. The zero-order valence-corrected chi connectivity index (χ0v) is 18.1. The molecule has 0 saturated carbocycles. The van der Waals surface area contributed by atoms with E-state index in [0.29, 0.717) is 11.5 Å². The first-order chi connectivity index (χ1) is 12.9. The molecule has 0 aromatic heterocycles. The summed E-state index contributed by atoms with van der Waals surface area (Å²) in [6, 6.07) is 14.9. The van der Waals surface area contributed by atoms with Crippen molar-refractivity contribution >= 4 is 34.3 Å². The lowest BCUT2D eigenvalue weighted by Gasteiger charge is -2.13. The lowest BCUT2D eigenvalue weighted by Crippen LogP contribution is -2.25. The van der Waals surface area contributed by atoms with Crippen molar-refractivity contribution in [2.45, 2.75) is 40.2 Å². The quantitative estimate of drug-likeness (QED) is 0.207. The normalized spacial score (nSPS) is 12.6. The predicted molar refractivity (Wildman–Crippen MR) is 114 cm³/mol. The topological polar surface area (TPSA) is 57.1 Å². The van der Waals surface area contributed by atoms with Gasteiger partial charge in [0.2, 0.25) is 0 Å². The zero-order chi connectivity index (χ0) is 19.8. The number of benzene rings is 2. The molecule has 0 amide bonds. The van der Waals surface area contributed by atoms with E-state index in [4.69, 9.17) is 14.3 Å². The number of hydrogen-bond acceptors (Lipinski definition) is 5. The van der Waals surface area contributed by atoms with Gasteiger partial charge in [0.1, 0.15) is 17.2 Å². The molecule has 0 spiro atoms. The molecule has 0 heterocycles. The fraction of sp³-hybridized carbons (Fsp3) is 0.333. The smallest absolute Gasteiger partial charge is 0.374 e. The van der Waals surface area contributed by atoms with Gasteiger partial charge in [-0.3, -0.25) is 0 Å². The van der Waals surface area contributed by atoms with E-state index in [0.717, 1.165) is 21.5 Å². The lowest BCUT2D eigenvalue weighted by molar-refractivity contribution is -0.151. The summed E-state index contributed by atoms with van der Waals surface area (Å²) in [5, 5.41) is 3.94. The van der Waals surface area contributed by atoms with Gasteiger partial charge in [-0.15, -0.1) is 0 Å². The molecular weight excluding hydrogens is 457 g/mol. The van der Waals surface area contributed by atoms with Crippen LogP contribution in [0.25, 0.3) is 0 Å². The maximum atomic E-state index is 12.0. The Morgan fingerprint density at radius 1 is 0.963 bits per heavy atom. The van der Waals surface area contributed by atoms with E-state index in [2.05, 4.69) is 27.7 Å². The monoisotopic (exact) mass is 481 g/mol. The standard InChI is InChI=1S/C21H24INO4/c1-5-20(14(2)3)23-27-21(24)15(4)25-17-10-12-19(13-11-17)26-18-8-6-16(22)7-9-18/h6-15H,5H2,1-4H3/b23-20-. The van der Waals surface area contributed by atoms with E-state index in [1.807, 2.05) is 45.0 Å². The van der Waals surface area contributed by atoms with Crippen molar-refractivity contribution in [3.8, 4) is 17.2 Å². The van der Waals surface area contributed by atoms with Crippen LogP contribution in [0.2, 0.25) is 0 Å². The molecule has 0 aliphatic carbocycles. The number of rotatable bonds is 8. The molecule has 1 atom stereocenters. The van der Waals surface area contributed by atoms with E-state index < -0.39 is 12.1 Å². The third-order valence-electron chi connectivity index (χ3n) is 3.80. The van der Waals surface area contributed by atoms with Gasteiger partial charge in [0.05, 0.1) is 5.71 Å². The Morgan fingerprint density at radius 2 is 1.48 bits per heavy atom. The van der Waals surface area contributed by atoms with E-state index in [1.54, 1.807) is 31.2 Å². The van der Waals surface area contributed by atoms with E-state index in [-0.39, 0.29) is 5.92 Å². The minimum atomic E-state index is -0.762. The van der Waals surface area contributed by atoms with Crippen molar-refractivity contribution in [3.63, 3.8) is 0 Å². The third kappa shape index (κ3) is 6.86. The summed E-state index contributed by atoms with van der Waals surface area (Å²) in [6.07, 6.45) is -0.0237. The summed E-state index contributed by atoms with van der Waals surface area (Å²) in [7, 11) is 0. The minimum Gasteiger partial charge on any atom is -0.479 e. The van der Waals surface area contributed by atoms with E-state index in [1.165, 1.54) is 0 Å². The van der Waals surface area contributed by atoms with Crippen LogP contribution < -0.4 is 9.47 Å². The van der Waals surface area contributed by atoms with Crippen LogP contribution in [0.15, 0.2) is 53.7 Å². The van der Waals surface area contributed by atoms with Gasteiger partial charge in [-0.2, -0.15) is 0 Å². The number of ether oxygens (including phenoxy) is 2. The maximum absolute atomic E-state index is 12.0. The fourth-order valence-electron chi connectivity index (χ4n) is 2.23. The molecule has 0 aliphatic heterocycles. The van der Waals surface area contributed by atoms with Crippen LogP contribution in [0.5, 0.6) is 17.2 Å². The van der Waals surface area contributed by atoms with Gasteiger partial charge in [0.25, 0.3) is 0 Å². The Kier molecular flexibility index (Phi) is 8.09. The molecule has 0 saturated heterocycles. The SMILES string of the molecule is CC/C(=N/OC(=O)C(C)Oc1ccc(Oc2ccc(I)cc2)cc1)C(C)C. The number of carbonyl (C=O) groups is 1. The molecule has 0 fully saturated rings. The minimum absolute atomic E-state index is 0.236. The molecule has 5 nitrogen and oxygen atoms in total. The molecule has 0 aliphatic rings. The fourth-order valence-corrected chi connectivity index (χ4v) is 2.59. The van der Waals surface area contributed by atoms with Crippen molar-refractivity contribution in [3.05, 3.63) is 52.1 Å². The first-order valence-electron chi connectivity index (χ1n) is 8.86. The lowest BCUT2D eigenvalue weighted by atomic mass is 10.1. The van der Waals surface area contributed by atoms with Crippen molar-refractivity contribution in [2.75, 3.05) is 0 Å². The Labute approximate surface area is 173 Å². The summed E-state index contributed by atoms with van der Waals surface area (Å²) in [5.74, 6) is 1.71. The maximum Gasteiger partial charge on any atom is 0.374 e. The molecule has 1 unspecified atom stereocenters. The second-order valence-corrected chi connectivity index (χ2v) is 7.53. The van der Waals surface area contributed by atoms with Gasteiger partial charge in [0.15, 0.2) is 6.10 Å². The third-order valence-corrected chi connectivity index (χ3v) is 4.52. The Morgan fingerprint density at radius 3 is 2.00 bits per heavy atom. The molecule has 2 aromatic rings. The summed E-state index contributed by atoms with van der Waals surface area (Å²) in [5.41, 5.74) is 0.840. The van der Waals surface area contributed by atoms with E-state index >= 15 is 0 Å².